The van der Waals surface area contributed by atoms with Gasteiger partial charge in [-0.1, -0.05) is 0 Å². The highest BCUT2D eigenvalue weighted by molar-refractivity contribution is 7.93. The summed E-state index contributed by atoms with van der Waals surface area (Å²) in [6, 6.07) is 3.69. The highest BCUT2D eigenvalue weighted by Crippen LogP contribution is 2.32. The predicted molar refractivity (Wildman–Crippen MR) is 119 cm³/mol. The normalized spacial score (nSPS) is 28.5. The molecule has 0 radical (unpaired) electrons. The number of pyridine rings is 1. The summed E-state index contributed by atoms with van der Waals surface area (Å²) in [5.41, 5.74) is 5.87. The largest absolute Gasteiger partial charge is 0.481 e. The van der Waals surface area contributed by atoms with Gasteiger partial charge in [-0.05, 0) is 19.9 Å². The minimum Gasteiger partial charge on any atom is -0.481 e. The molecule has 3 aliphatic heterocycles. The summed E-state index contributed by atoms with van der Waals surface area (Å²) >= 11 is 0. The number of amidine groups is 1. The van der Waals surface area contributed by atoms with E-state index in [1.54, 1.807) is 25.5 Å². The topological polar surface area (TPSA) is 124 Å². The Labute approximate surface area is 183 Å². The van der Waals surface area contributed by atoms with Crippen LogP contribution in [0.2, 0.25) is 0 Å². The lowest BCUT2D eigenvalue weighted by Crippen LogP contribution is -2.51. The van der Waals surface area contributed by atoms with E-state index in [1.807, 2.05) is 13.0 Å². The smallest absolute Gasteiger partial charge is 0.215 e. The van der Waals surface area contributed by atoms with Crippen molar-refractivity contribution in [1.82, 2.24) is 15.2 Å². The maximum atomic E-state index is 13.2. The summed E-state index contributed by atoms with van der Waals surface area (Å²) in [4.78, 5) is 11.4. The number of aromatic nitrogens is 1. The Balaban J connectivity index is 1.79. The summed E-state index contributed by atoms with van der Waals surface area (Å²) in [6.07, 6.45) is 3.53. The van der Waals surface area contributed by atoms with Crippen LogP contribution >= 0.6 is 0 Å². The number of anilines is 1. The van der Waals surface area contributed by atoms with Crippen LogP contribution in [0.1, 0.15) is 19.4 Å². The van der Waals surface area contributed by atoms with Gasteiger partial charge in [0.05, 0.1) is 54.6 Å². The van der Waals surface area contributed by atoms with E-state index < -0.39 is 15.4 Å². The number of nitrogen functional groups attached to an aromatic ring is 1. The van der Waals surface area contributed by atoms with E-state index in [2.05, 4.69) is 26.5 Å². The quantitative estimate of drug-likeness (QED) is 0.694. The van der Waals surface area contributed by atoms with Crippen LogP contribution in [0.5, 0.6) is 5.88 Å². The number of ether oxygens (including phenoxy) is 3. The van der Waals surface area contributed by atoms with E-state index in [0.29, 0.717) is 50.5 Å². The Morgan fingerprint density at radius 2 is 2.13 bits per heavy atom. The first-order valence-electron chi connectivity index (χ1n) is 10.2. The first-order chi connectivity index (χ1) is 14.7. The Bertz CT molecular complexity index is 1030. The molecule has 1 aromatic rings. The second-order valence-corrected chi connectivity index (χ2v) is 10.8. The molecule has 0 amide bonds. The molecule has 4 heterocycles. The monoisotopic (exact) mass is 450 g/mol. The molecule has 2 saturated heterocycles. The number of nitrogens with zero attached hydrogens (tertiary/aromatic N) is 4. The third-order valence-electron chi connectivity index (χ3n) is 5.74. The van der Waals surface area contributed by atoms with E-state index in [0.717, 1.165) is 11.4 Å². The second-order valence-electron chi connectivity index (χ2n) is 8.25. The van der Waals surface area contributed by atoms with Gasteiger partial charge in [-0.2, -0.15) is 9.35 Å². The number of aliphatic imine (C=N–C) groups is 1. The van der Waals surface area contributed by atoms with Crippen LogP contribution in [0.15, 0.2) is 33.4 Å². The van der Waals surface area contributed by atoms with Gasteiger partial charge in [0.2, 0.25) is 5.88 Å². The predicted octanol–water partition coefficient (Wildman–Crippen LogP) is 0.906. The lowest BCUT2D eigenvalue weighted by atomic mass is 10.0. The maximum absolute atomic E-state index is 13.2. The summed E-state index contributed by atoms with van der Waals surface area (Å²) in [6.45, 7) is 6.88. The van der Waals surface area contributed by atoms with Crippen LogP contribution < -0.4 is 15.8 Å². The maximum Gasteiger partial charge on any atom is 0.215 e. The summed E-state index contributed by atoms with van der Waals surface area (Å²) < 4.78 is 34.0. The van der Waals surface area contributed by atoms with Crippen molar-refractivity contribution in [3.05, 3.63) is 29.6 Å². The standard InChI is InChI=1S/C20H30N6O4S/c1-13-10-29-6-5-26(13)18-9-17(25-31(4,27)15-11-30-12-15)23-20(2,24-18)14-7-16(21)22-19(8-14)28-3/h7-9,13,15,23H,5-6,10-12H2,1-4H3,(H2,21,22)/t13-,20?,31?/m1/s1. The van der Waals surface area contributed by atoms with Crippen LogP contribution in [0.3, 0.4) is 0 Å². The van der Waals surface area contributed by atoms with Crippen LogP contribution in [0, 0.1) is 0 Å². The zero-order valence-electron chi connectivity index (χ0n) is 18.3. The van der Waals surface area contributed by atoms with Gasteiger partial charge < -0.3 is 30.2 Å². The van der Waals surface area contributed by atoms with Crippen molar-refractivity contribution in [3.8, 4) is 5.88 Å². The van der Waals surface area contributed by atoms with E-state index in [9.17, 15) is 4.21 Å². The van der Waals surface area contributed by atoms with Gasteiger partial charge in [0.15, 0.2) is 5.66 Å². The molecule has 10 nitrogen and oxygen atoms in total. The Kier molecular flexibility index (Phi) is 5.84. The van der Waals surface area contributed by atoms with Crippen LogP contribution in [0.4, 0.5) is 5.82 Å². The number of hydrogen-bond donors (Lipinski definition) is 2. The fourth-order valence-corrected chi connectivity index (χ4v) is 5.08. The summed E-state index contributed by atoms with van der Waals surface area (Å²) in [5, 5.41) is 3.28. The fourth-order valence-electron chi connectivity index (χ4n) is 3.75. The number of morpholine rings is 1. The molecule has 1 aromatic heterocycles. The molecule has 3 N–H and O–H groups in total. The third-order valence-corrected chi connectivity index (χ3v) is 7.80. The zero-order chi connectivity index (χ0) is 22.2. The van der Waals surface area contributed by atoms with Crippen molar-refractivity contribution in [3.63, 3.8) is 0 Å². The molecule has 2 fully saturated rings. The highest BCUT2D eigenvalue weighted by atomic mass is 32.2. The summed E-state index contributed by atoms with van der Waals surface area (Å²) in [5.74, 6) is 1.99. The molecule has 3 atom stereocenters. The number of hydrogen-bond acceptors (Lipinski definition) is 10. The van der Waals surface area contributed by atoms with Gasteiger partial charge in [0.25, 0.3) is 0 Å². The van der Waals surface area contributed by atoms with Crippen LogP contribution in [-0.2, 0) is 24.9 Å². The number of nitrogens with two attached hydrogens (primary N) is 1. The van der Waals surface area contributed by atoms with Gasteiger partial charge in [0, 0.05) is 30.5 Å². The lowest BCUT2D eigenvalue weighted by Gasteiger charge is -2.40. The average Bonchev–Trinajstić information content (AvgIpc) is 2.65. The number of nitrogens with one attached hydrogen (secondary N) is 1. The fraction of sp³-hybridized carbons (Fsp3) is 0.600. The van der Waals surface area contributed by atoms with E-state index in [-0.39, 0.29) is 11.3 Å². The highest BCUT2D eigenvalue weighted by Gasteiger charge is 2.35. The first-order valence-corrected chi connectivity index (χ1v) is 12.2. The molecule has 0 saturated carbocycles. The van der Waals surface area contributed by atoms with Crippen molar-refractivity contribution < 1.29 is 18.4 Å². The van der Waals surface area contributed by atoms with Crippen molar-refractivity contribution in [2.75, 3.05) is 52.1 Å². The van der Waals surface area contributed by atoms with Gasteiger partial charge in [-0.15, -0.1) is 0 Å². The minimum atomic E-state index is -2.48. The molecule has 0 bridgehead atoms. The number of rotatable bonds is 4. The zero-order valence-corrected chi connectivity index (χ0v) is 19.1. The van der Waals surface area contributed by atoms with Crippen LogP contribution in [-0.4, -0.2) is 77.6 Å². The second kappa shape index (κ2) is 8.29. The van der Waals surface area contributed by atoms with Crippen molar-refractivity contribution >= 4 is 21.4 Å². The van der Waals surface area contributed by atoms with E-state index in [1.165, 1.54) is 0 Å². The van der Waals surface area contributed by atoms with E-state index >= 15 is 0 Å². The SMILES string of the molecule is COc1cc(C2(C)N=C(N3CCOC[C@H]3C)C=C(N=S(C)(=O)C3COC3)N2)cc(N)n1. The van der Waals surface area contributed by atoms with E-state index in [4.69, 9.17) is 24.9 Å². The molecule has 0 aliphatic carbocycles. The van der Waals surface area contributed by atoms with Gasteiger partial charge in [0.1, 0.15) is 17.5 Å². The third kappa shape index (κ3) is 4.48. The summed E-state index contributed by atoms with van der Waals surface area (Å²) in [7, 11) is -0.943. The van der Waals surface area contributed by atoms with Gasteiger partial charge in [-0.25, -0.2) is 9.20 Å². The first kappa shape index (κ1) is 21.8. The molecule has 4 rings (SSSR count). The average molecular weight is 451 g/mol. The van der Waals surface area contributed by atoms with Gasteiger partial charge >= 0.3 is 0 Å². The lowest BCUT2D eigenvalue weighted by molar-refractivity contribution is 0.0329. The number of methoxy groups -OCH3 is 1. The molecule has 2 unspecified atom stereocenters. The molecule has 0 aromatic carbocycles. The Morgan fingerprint density at radius 3 is 2.77 bits per heavy atom. The van der Waals surface area contributed by atoms with Crippen molar-refractivity contribution in [2.24, 2.45) is 9.36 Å². The molecule has 11 heteroatoms. The molecular weight excluding hydrogens is 420 g/mol. The molecule has 170 valence electrons. The molecular formula is C20H30N6O4S. The van der Waals surface area contributed by atoms with Crippen molar-refractivity contribution in [2.45, 2.75) is 30.8 Å². The molecule has 3 aliphatic rings. The van der Waals surface area contributed by atoms with Crippen LogP contribution in [0.25, 0.3) is 0 Å². The minimum absolute atomic E-state index is 0.0808. The van der Waals surface area contributed by atoms with Crippen molar-refractivity contribution in [1.29, 1.82) is 0 Å². The molecule has 0 spiro atoms. The molecule has 31 heavy (non-hydrogen) atoms. The van der Waals surface area contributed by atoms with Gasteiger partial charge in [-0.3, -0.25) is 0 Å². The Hall–Kier alpha value is -2.37. The Morgan fingerprint density at radius 1 is 1.35 bits per heavy atom.